The number of aromatic nitrogens is 2. The lowest BCUT2D eigenvalue weighted by Gasteiger charge is -2.15. The van der Waals surface area contributed by atoms with Gasteiger partial charge in [-0.1, -0.05) is 6.92 Å². The second kappa shape index (κ2) is 6.71. The van der Waals surface area contributed by atoms with Crippen LogP contribution in [0.5, 0.6) is 0 Å². The van der Waals surface area contributed by atoms with Crippen LogP contribution in [0.4, 0.5) is 0 Å². The first kappa shape index (κ1) is 16.2. The first-order valence-corrected chi connectivity index (χ1v) is 6.91. The molecular formula is C14H18N2O6. The molecule has 0 saturated carbocycles. The molecule has 1 fully saturated rings. The highest BCUT2D eigenvalue weighted by Crippen LogP contribution is 2.29. The molecule has 1 saturated heterocycles. The Bertz CT molecular complexity index is 689. The zero-order valence-electron chi connectivity index (χ0n) is 12.3. The minimum Gasteiger partial charge on any atom is -0.466 e. The molecule has 22 heavy (non-hydrogen) atoms. The Morgan fingerprint density at radius 2 is 2.32 bits per heavy atom. The maximum Gasteiger partial charge on any atom is 0.330 e. The van der Waals surface area contributed by atoms with Crippen LogP contribution in [0.3, 0.4) is 0 Å². The summed E-state index contributed by atoms with van der Waals surface area (Å²) in [6, 6.07) is 0. The van der Waals surface area contributed by atoms with Crippen LogP contribution in [-0.2, 0) is 14.3 Å². The zero-order valence-corrected chi connectivity index (χ0v) is 12.3. The highest BCUT2D eigenvalue weighted by Gasteiger charge is 2.34. The van der Waals surface area contributed by atoms with E-state index >= 15 is 0 Å². The molecule has 0 amide bonds. The summed E-state index contributed by atoms with van der Waals surface area (Å²) >= 11 is 0. The number of aromatic amines is 1. The van der Waals surface area contributed by atoms with Gasteiger partial charge in [0.15, 0.2) is 0 Å². The number of H-pyrrole nitrogens is 1. The van der Waals surface area contributed by atoms with Crippen molar-refractivity contribution in [2.24, 2.45) is 0 Å². The highest BCUT2D eigenvalue weighted by molar-refractivity contribution is 5.86. The van der Waals surface area contributed by atoms with E-state index in [1.807, 2.05) is 6.92 Å². The lowest BCUT2D eigenvalue weighted by Crippen LogP contribution is -2.33. The standard InChI is InChI=1S/C14H18N2O6/c1-3-10-9(17)6-11(22-10)16-7-8(4-5-12(18)21-2)13(19)15-14(16)20/h4-5,7,9-11,17H,3,6H2,1-2H3,(H,15,19,20)/b5-4+/t9-,10-,11-/m1/s1. The number of methoxy groups -OCH3 is 1. The number of esters is 1. The van der Waals surface area contributed by atoms with Crippen LogP contribution in [0, 0.1) is 0 Å². The van der Waals surface area contributed by atoms with Crippen LogP contribution < -0.4 is 11.2 Å². The summed E-state index contributed by atoms with van der Waals surface area (Å²) in [6.07, 6.45) is 2.84. The van der Waals surface area contributed by atoms with Crippen LogP contribution in [0.15, 0.2) is 21.9 Å². The van der Waals surface area contributed by atoms with Gasteiger partial charge in [0.25, 0.3) is 5.56 Å². The number of hydrogen-bond donors (Lipinski definition) is 2. The Kier molecular flexibility index (Phi) is 4.94. The summed E-state index contributed by atoms with van der Waals surface area (Å²) in [5, 5.41) is 9.86. The van der Waals surface area contributed by atoms with Gasteiger partial charge >= 0.3 is 11.7 Å². The van der Waals surface area contributed by atoms with Gasteiger partial charge in [0.2, 0.25) is 0 Å². The third kappa shape index (κ3) is 3.34. The quantitative estimate of drug-likeness (QED) is 0.587. The van der Waals surface area contributed by atoms with Gasteiger partial charge in [-0.2, -0.15) is 0 Å². The van der Waals surface area contributed by atoms with Crippen LogP contribution in [0.25, 0.3) is 6.08 Å². The summed E-state index contributed by atoms with van der Waals surface area (Å²) in [6.45, 7) is 1.87. The van der Waals surface area contributed by atoms with Gasteiger partial charge in [-0.15, -0.1) is 0 Å². The van der Waals surface area contributed by atoms with E-state index in [2.05, 4.69) is 9.72 Å². The fourth-order valence-electron chi connectivity index (χ4n) is 2.31. The summed E-state index contributed by atoms with van der Waals surface area (Å²) in [7, 11) is 1.22. The van der Waals surface area contributed by atoms with E-state index < -0.39 is 29.6 Å². The Hall–Kier alpha value is -2.19. The molecule has 0 unspecified atom stereocenters. The van der Waals surface area contributed by atoms with Gasteiger partial charge in [0.05, 0.1) is 24.9 Å². The molecule has 1 aliphatic rings. The van der Waals surface area contributed by atoms with Gasteiger partial charge in [0.1, 0.15) is 6.23 Å². The van der Waals surface area contributed by atoms with Gasteiger partial charge in [-0.05, 0) is 12.5 Å². The lowest BCUT2D eigenvalue weighted by atomic mass is 10.1. The van der Waals surface area contributed by atoms with E-state index in [9.17, 15) is 19.5 Å². The predicted molar refractivity (Wildman–Crippen MR) is 77.2 cm³/mol. The Morgan fingerprint density at radius 3 is 2.91 bits per heavy atom. The Labute approximate surface area is 126 Å². The van der Waals surface area contributed by atoms with Crippen LogP contribution >= 0.6 is 0 Å². The van der Waals surface area contributed by atoms with E-state index in [1.165, 1.54) is 23.9 Å². The lowest BCUT2D eigenvalue weighted by molar-refractivity contribution is -0.134. The molecule has 2 heterocycles. The van der Waals surface area contributed by atoms with Crippen LogP contribution in [0.2, 0.25) is 0 Å². The molecule has 120 valence electrons. The molecule has 1 aliphatic heterocycles. The maximum absolute atomic E-state index is 11.9. The van der Waals surface area contributed by atoms with Crippen molar-refractivity contribution >= 4 is 12.0 Å². The SMILES string of the molecule is CC[C@H]1O[C@@H](n2cc(/C=C/C(=O)OC)c(=O)[nH]c2=O)C[C@H]1O. The van der Waals surface area contributed by atoms with E-state index in [0.29, 0.717) is 6.42 Å². The van der Waals surface area contributed by atoms with Gasteiger partial charge in [-0.3, -0.25) is 14.3 Å². The summed E-state index contributed by atoms with van der Waals surface area (Å²) in [5.74, 6) is -0.615. The second-order valence-electron chi connectivity index (χ2n) is 4.95. The second-order valence-corrected chi connectivity index (χ2v) is 4.95. The predicted octanol–water partition coefficient (Wildman–Crippen LogP) is -0.219. The molecule has 1 aromatic rings. The number of ether oxygens (including phenoxy) is 2. The average Bonchev–Trinajstić information content (AvgIpc) is 2.86. The van der Waals surface area contributed by atoms with Gasteiger partial charge in [0, 0.05) is 18.7 Å². The number of nitrogens with one attached hydrogen (secondary N) is 1. The van der Waals surface area contributed by atoms with Crippen molar-refractivity contribution in [1.82, 2.24) is 9.55 Å². The maximum atomic E-state index is 11.9. The molecule has 8 nitrogen and oxygen atoms in total. The van der Waals surface area contributed by atoms with Gasteiger partial charge < -0.3 is 14.6 Å². The molecule has 0 aliphatic carbocycles. The first-order valence-electron chi connectivity index (χ1n) is 6.91. The zero-order chi connectivity index (χ0) is 16.3. The summed E-state index contributed by atoms with van der Waals surface area (Å²) in [4.78, 5) is 36.9. The Morgan fingerprint density at radius 1 is 1.59 bits per heavy atom. The van der Waals surface area contributed by atoms with Crippen molar-refractivity contribution in [3.63, 3.8) is 0 Å². The number of hydrogen-bond acceptors (Lipinski definition) is 6. The smallest absolute Gasteiger partial charge is 0.330 e. The summed E-state index contributed by atoms with van der Waals surface area (Å²) < 4.78 is 11.3. The minimum atomic E-state index is -0.664. The number of carbonyl (C=O) groups is 1. The van der Waals surface area contributed by atoms with E-state index in [0.717, 1.165) is 6.08 Å². The molecule has 2 N–H and O–H groups in total. The molecule has 2 rings (SSSR count). The third-order valence-corrected chi connectivity index (χ3v) is 3.51. The van der Waals surface area contributed by atoms with Crippen molar-refractivity contribution in [3.8, 4) is 0 Å². The topological polar surface area (TPSA) is 111 Å². The largest absolute Gasteiger partial charge is 0.466 e. The minimum absolute atomic E-state index is 0.114. The third-order valence-electron chi connectivity index (χ3n) is 3.51. The molecule has 0 spiro atoms. The van der Waals surface area contributed by atoms with Crippen LogP contribution in [-0.4, -0.2) is 39.9 Å². The fraction of sp³-hybridized carbons (Fsp3) is 0.500. The molecule has 0 radical (unpaired) electrons. The molecule has 0 aromatic carbocycles. The highest BCUT2D eigenvalue weighted by atomic mass is 16.5. The Balaban J connectivity index is 2.33. The van der Waals surface area contributed by atoms with Crippen molar-refractivity contribution < 1.29 is 19.4 Å². The summed E-state index contributed by atoms with van der Waals surface area (Å²) in [5.41, 5.74) is -1.14. The molecule has 0 bridgehead atoms. The van der Waals surface area contributed by atoms with Crippen molar-refractivity contribution in [2.45, 2.75) is 38.2 Å². The number of carbonyl (C=O) groups excluding carboxylic acids is 1. The number of nitrogens with zero attached hydrogens (tertiary/aromatic N) is 1. The number of aliphatic hydroxyl groups is 1. The number of rotatable bonds is 4. The molecule has 8 heteroatoms. The van der Waals surface area contributed by atoms with Crippen molar-refractivity contribution in [3.05, 3.63) is 38.7 Å². The molecular weight excluding hydrogens is 292 g/mol. The number of aliphatic hydroxyl groups excluding tert-OH is 1. The molecule has 3 atom stereocenters. The van der Waals surface area contributed by atoms with Crippen LogP contribution in [0.1, 0.15) is 31.6 Å². The normalized spacial score (nSPS) is 24.8. The van der Waals surface area contributed by atoms with Gasteiger partial charge in [-0.25, -0.2) is 9.59 Å². The average molecular weight is 310 g/mol. The van der Waals surface area contributed by atoms with Crippen molar-refractivity contribution in [1.29, 1.82) is 0 Å². The molecule has 1 aromatic heterocycles. The van der Waals surface area contributed by atoms with E-state index in [1.54, 1.807) is 0 Å². The first-order chi connectivity index (χ1) is 10.5. The van der Waals surface area contributed by atoms with E-state index in [4.69, 9.17) is 4.74 Å². The van der Waals surface area contributed by atoms with Crippen molar-refractivity contribution in [2.75, 3.05) is 7.11 Å². The fourth-order valence-corrected chi connectivity index (χ4v) is 2.31. The van der Waals surface area contributed by atoms with E-state index in [-0.39, 0.29) is 18.1 Å². The monoisotopic (exact) mass is 310 g/mol.